The Morgan fingerprint density at radius 2 is 2.00 bits per heavy atom. The minimum atomic E-state index is -0.462. The second kappa shape index (κ2) is 7.87. The number of benzene rings is 2. The molecule has 1 aliphatic carbocycles. The fourth-order valence-electron chi connectivity index (χ4n) is 3.66. The predicted octanol–water partition coefficient (Wildman–Crippen LogP) is 5.27. The molecule has 5 nitrogen and oxygen atoms in total. The summed E-state index contributed by atoms with van der Waals surface area (Å²) < 4.78 is 21.2. The van der Waals surface area contributed by atoms with Crippen LogP contribution in [0.25, 0.3) is 16.8 Å². The van der Waals surface area contributed by atoms with Gasteiger partial charge in [-0.3, -0.25) is 0 Å². The van der Waals surface area contributed by atoms with Gasteiger partial charge in [-0.2, -0.15) is 9.78 Å². The van der Waals surface area contributed by atoms with Gasteiger partial charge in [-0.1, -0.05) is 23.7 Å². The second-order valence-electron chi connectivity index (χ2n) is 6.86. The van der Waals surface area contributed by atoms with Crippen LogP contribution in [0.2, 0.25) is 5.02 Å². The van der Waals surface area contributed by atoms with Crippen LogP contribution in [0.5, 0.6) is 5.88 Å². The summed E-state index contributed by atoms with van der Waals surface area (Å²) in [6, 6.07) is 11.7. The minimum absolute atomic E-state index is 0.297. The van der Waals surface area contributed by atoms with Crippen LogP contribution < -0.4 is 4.74 Å². The van der Waals surface area contributed by atoms with Crippen molar-refractivity contribution in [1.29, 1.82) is 0 Å². The Bertz CT molecular complexity index is 1080. The van der Waals surface area contributed by atoms with Gasteiger partial charge in [0.25, 0.3) is 0 Å². The standard InChI is InChI=1S/C22H21ClFN3O2/c1-3-26(4-2)22(28)29-21-20-18-10-9-15(23)12-14(18)8-11-19(20)25-27(21)17-7-5-6-16(24)13-17/h5-7,9-10,12-13H,3-4,8,11H2,1-2H3. The molecule has 4 rings (SSSR count). The number of aryl methyl sites for hydroxylation is 2. The van der Waals surface area contributed by atoms with Crippen molar-refractivity contribution in [2.45, 2.75) is 26.7 Å². The fraction of sp³-hybridized carbons (Fsp3) is 0.273. The highest BCUT2D eigenvalue weighted by Gasteiger charge is 2.29. The molecule has 0 atom stereocenters. The van der Waals surface area contributed by atoms with Crippen LogP contribution in [0.3, 0.4) is 0 Å². The Balaban J connectivity index is 1.89. The molecular weight excluding hydrogens is 393 g/mol. The van der Waals surface area contributed by atoms with Gasteiger partial charge in [-0.25, -0.2) is 9.18 Å². The summed E-state index contributed by atoms with van der Waals surface area (Å²) in [5.41, 5.74) is 4.07. The largest absolute Gasteiger partial charge is 0.416 e. The third kappa shape index (κ3) is 3.60. The normalized spacial score (nSPS) is 12.3. The number of fused-ring (bicyclic) bond motifs is 3. The molecule has 0 N–H and O–H groups in total. The van der Waals surface area contributed by atoms with Gasteiger partial charge in [-0.05, 0) is 68.1 Å². The van der Waals surface area contributed by atoms with Crippen molar-refractivity contribution in [2.24, 2.45) is 0 Å². The van der Waals surface area contributed by atoms with Gasteiger partial charge in [0.1, 0.15) is 5.82 Å². The van der Waals surface area contributed by atoms with Crippen LogP contribution in [0.4, 0.5) is 9.18 Å². The third-order valence-electron chi connectivity index (χ3n) is 5.14. The minimum Gasteiger partial charge on any atom is -0.390 e. The lowest BCUT2D eigenvalue weighted by atomic mass is 9.90. The average Bonchev–Trinajstić information content (AvgIpc) is 3.07. The van der Waals surface area contributed by atoms with Crippen molar-refractivity contribution in [3.05, 3.63) is 64.6 Å². The number of rotatable bonds is 4. The molecule has 1 amide bonds. The number of hydrogen-bond donors (Lipinski definition) is 0. The maximum Gasteiger partial charge on any atom is 0.416 e. The number of aromatic nitrogens is 2. The Morgan fingerprint density at radius 1 is 1.21 bits per heavy atom. The number of hydrogen-bond acceptors (Lipinski definition) is 3. The zero-order valence-electron chi connectivity index (χ0n) is 16.3. The summed E-state index contributed by atoms with van der Waals surface area (Å²) in [7, 11) is 0. The molecule has 0 radical (unpaired) electrons. The van der Waals surface area contributed by atoms with Gasteiger partial charge in [0.05, 0.1) is 16.9 Å². The molecule has 1 aliphatic rings. The van der Waals surface area contributed by atoms with Gasteiger partial charge < -0.3 is 9.64 Å². The number of nitrogens with zero attached hydrogens (tertiary/aromatic N) is 3. The average molecular weight is 414 g/mol. The van der Waals surface area contributed by atoms with Crippen molar-refractivity contribution < 1.29 is 13.9 Å². The lowest BCUT2D eigenvalue weighted by Gasteiger charge is -2.20. The first kappa shape index (κ1) is 19.5. The summed E-state index contributed by atoms with van der Waals surface area (Å²) in [4.78, 5) is 14.3. The quantitative estimate of drug-likeness (QED) is 0.585. The van der Waals surface area contributed by atoms with E-state index in [0.29, 0.717) is 36.1 Å². The number of amides is 1. The Hall–Kier alpha value is -2.86. The molecule has 29 heavy (non-hydrogen) atoms. The van der Waals surface area contributed by atoms with Crippen molar-refractivity contribution in [2.75, 3.05) is 13.1 Å². The number of carbonyl (C=O) groups excluding carboxylic acids is 1. The van der Waals surface area contributed by atoms with Crippen LogP contribution in [-0.2, 0) is 12.8 Å². The van der Waals surface area contributed by atoms with Gasteiger partial charge in [0.15, 0.2) is 0 Å². The lowest BCUT2D eigenvalue weighted by Crippen LogP contribution is -2.33. The van der Waals surface area contributed by atoms with Gasteiger partial charge in [0.2, 0.25) is 5.88 Å². The van der Waals surface area contributed by atoms with E-state index in [4.69, 9.17) is 16.3 Å². The molecule has 1 heterocycles. The van der Waals surface area contributed by atoms with E-state index < -0.39 is 6.09 Å². The van der Waals surface area contributed by atoms with E-state index in [-0.39, 0.29) is 5.82 Å². The summed E-state index contributed by atoms with van der Waals surface area (Å²) in [6.07, 6.45) is 1.00. The van der Waals surface area contributed by atoms with Crippen molar-refractivity contribution >= 4 is 17.7 Å². The summed E-state index contributed by atoms with van der Waals surface area (Å²) in [5.74, 6) is -0.0880. The van der Waals surface area contributed by atoms with Crippen LogP contribution in [0, 0.1) is 5.82 Å². The maximum atomic E-state index is 13.9. The van der Waals surface area contributed by atoms with E-state index in [2.05, 4.69) is 5.10 Å². The molecule has 0 aliphatic heterocycles. The first-order valence-corrected chi connectivity index (χ1v) is 10.0. The number of halogens is 2. The Kier molecular flexibility index (Phi) is 5.28. The molecule has 2 aromatic carbocycles. The van der Waals surface area contributed by atoms with E-state index in [1.165, 1.54) is 16.8 Å². The first-order chi connectivity index (χ1) is 14.0. The van der Waals surface area contributed by atoms with E-state index in [0.717, 1.165) is 28.8 Å². The molecule has 0 saturated carbocycles. The zero-order chi connectivity index (χ0) is 20.5. The van der Waals surface area contributed by atoms with Gasteiger partial charge in [-0.15, -0.1) is 0 Å². The SMILES string of the molecule is CCN(CC)C(=O)Oc1c2c(nn1-c1cccc(F)c1)CCc1cc(Cl)ccc1-2. The van der Waals surface area contributed by atoms with E-state index in [1.54, 1.807) is 17.0 Å². The molecule has 7 heteroatoms. The lowest BCUT2D eigenvalue weighted by molar-refractivity contribution is 0.154. The van der Waals surface area contributed by atoms with Crippen molar-refractivity contribution in [3.8, 4) is 22.7 Å². The van der Waals surface area contributed by atoms with E-state index >= 15 is 0 Å². The van der Waals surface area contributed by atoms with Crippen LogP contribution in [0.15, 0.2) is 42.5 Å². The monoisotopic (exact) mass is 413 g/mol. The third-order valence-corrected chi connectivity index (χ3v) is 5.38. The van der Waals surface area contributed by atoms with E-state index in [1.807, 2.05) is 32.0 Å². The number of ether oxygens (including phenoxy) is 1. The first-order valence-electron chi connectivity index (χ1n) is 9.65. The van der Waals surface area contributed by atoms with E-state index in [9.17, 15) is 9.18 Å². The summed E-state index contributed by atoms with van der Waals surface area (Å²) in [6.45, 7) is 4.83. The summed E-state index contributed by atoms with van der Waals surface area (Å²) in [5, 5.41) is 5.33. The highest BCUT2D eigenvalue weighted by Crippen LogP contribution is 2.42. The van der Waals surface area contributed by atoms with Gasteiger partial charge >= 0.3 is 6.09 Å². The zero-order valence-corrected chi connectivity index (χ0v) is 17.0. The maximum absolute atomic E-state index is 13.9. The Morgan fingerprint density at radius 3 is 2.72 bits per heavy atom. The van der Waals surface area contributed by atoms with Crippen molar-refractivity contribution in [3.63, 3.8) is 0 Å². The molecule has 0 saturated heterocycles. The molecule has 0 unspecified atom stereocenters. The Labute approximate surface area is 173 Å². The molecule has 0 bridgehead atoms. The fourth-order valence-corrected chi connectivity index (χ4v) is 3.86. The van der Waals surface area contributed by atoms with Crippen LogP contribution >= 0.6 is 11.6 Å². The molecule has 150 valence electrons. The molecule has 0 spiro atoms. The second-order valence-corrected chi connectivity index (χ2v) is 7.30. The summed E-state index contributed by atoms with van der Waals surface area (Å²) >= 11 is 6.17. The molecule has 1 aromatic heterocycles. The molecule has 3 aromatic rings. The van der Waals surface area contributed by atoms with Crippen LogP contribution in [0.1, 0.15) is 25.1 Å². The smallest absolute Gasteiger partial charge is 0.390 e. The number of carbonyl (C=O) groups is 1. The highest BCUT2D eigenvalue weighted by molar-refractivity contribution is 6.30. The van der Waals surface area contributed by atoms with Gasteiger partial charge in [0, 0.05) is 18.1 Å². The topological polar surface area (TPSA) is 47.4 Å². The molecular formula is C22H21ClFN3O2. The molecule has 0 fully saturated rings. The van der Waals surface area contributed by atoms with Crippen molar-refractivity contribution in [1.82, 2.24) is 14.7 Å². The van der Waals surface area contributed by atoms with Crippen LogP contribution in [-0.4, -0.2) is 33.9 Å². The highest BCUT2D eigenvalue weighted by atomic mass is 35.5. The predicted molar refractivity (Wildman–Crippen MR) is 110 cm³/mol.